The van der Waals surface area contributed by atoms with Crippen molar-refractivity contribution in [3.8, 4) is 0 Å². The van der Waals surface area contributed by atoms with E-state index < -0.39 is 11.5 Å². The van der Waals surface area contributed by atoms with Gasteiger partial charge in [0.2, 0.25) is 5.91 Å². The molecule has 7 heteroatoms. The summed E-state index contributed by atoms with van der Waals surface area (Å²) in [7, 11) is 3.05. The van der Waals surface area contributed by atoms with Crippen LogP contribution in [0.4, 0.5) is 4.39 Å². The molecule has 0 aliphatic heterocycles. The standard InChI is InChI=1S/C19H24FN3O3/c1-5-15-10-16(23(3)22-15)11-17(24)21-19(2,18(25)26-4)12-13-6-8-14(20)9-7-13/h6-10H,5,11-12H2,1-4H3,(H,21,24). The van der Waals surface area contributed by atoms with Crippen LogP contribution in [0, 0.1) is 5.82 Å². The second-order valence-electron chi connectivity index (χ2n) is 6.46. The number of amides is 1. The van der Waals surface area contributed by atoms with Gasteiger partial charge in [-0.2, -0.15) is 5.10 Å². The first kappa shape index (κ1) is 19.6. The third kappa shape index (κ3) is 4.68. The van der Waals surface area contributed by atoms with Crippen molar-refractivity contribution in [2.24, 2.45) is 7.05 Å². The van der Waals surface area contributed by atoms with Crippen LogP contribution in [0.5, 0.6) is 0 Å². The van der Waals surface area contributed by atoms with E-state index in [1.54, 1.807) is 30.8 Å². The van der Waals surface area contributed by atoms with Crippen molar-refractivity contribution >= 4 is 11.9 Å². The highest BCUT2D eigenvalue weighted by molar-refractivity contribution is 5.88. The molecule has 1 aromatic heterocycles. The minimum atomic E-state index is -1.25. The third-order valence-electron chi connectivity index (χ3n) is 4.25. The highest BCUT2D eigenvalue weighted by Gasteiger charge is 2.36. The first-order valence-electron chi connectivity index (χ1n) is 8.43. The lowest BCUT2D eigenvalue weighted by atomic mass is 9.92. The Balaban J connectivity index is 2.15. The minimum Gasteiger partial charge on any atom is -0.467 e. The van der Waals surface area contributed by atoms with E-state index in [0.717, 1.165) is 17.8 Å². The third-order valence-corrected chi connectivity index (χ3v) is 4.25. The van der Waals surface area contributed by atoms with Crippen LogP contribution in [0.25, 0.3) is 0 Å². The van der Waals surface area contributed by atoms with Crippen LogP contribution < -0.4 is 5.32 Å². The number of nitrogens with zero attached hydrogens (tertiary/aromatic N) is 2. The summed E-state index contributed by atoms with van der Waals surface area (Å²) in [6.45, 7) is 3.59. The molecule has 0 saturated heterocycles. The number of carbonyl (C=O) groups excluding carboxylic acids is 2. The monoisotopic (exact) mass is 361 g/mol. The van der Waals surface area contributed by atoms with Gasteiger partial charge in [-0.05, 0) is 37.1 Å². The first-order chi connectivity index (χ1) is 12.3. The Hall–Kier alpha value is -2.70. The number of halogens is 1. The molecule has 0 fully saturated rings. The highest BCUT2D eigenvalue weighted by atomic mass is 19.1. The average molecular weight is 361 g/mol. The van der Waals surface area contributed by atoms with Crippen LogP contribution >= 0.6 is 0 Å². The molecule has 6 nitrogen and oxygen atoms in total. The Bertz CT molecular complexity index is 786. The molecule has 1 heterocycles. The fraction of sp³-hybridized carbons (Fsp3) is 0.421. The minimum absolute atomic E-state index is 0.0967. The lowest BCUT2D eigenvalue weighted by molar-refractivity contribution is -0.150. The van der Waals surface area contributed by atoms with Crippen LogP contribution in [0.15, 0.2) is 30.3 Å². The van der Waals surface area contributed by atoms with Gasteiger partial charge in [-0.25, -0.2) is 9.18 Å². The van der Waals surface area contributed by atoms with Gasteiger partial charge in [-0.15, -0.1) is 0 Å². The van der Waals surface area contributed by atoms with Crippen molar-refractivity contribution in [3.05, 3.63) is 53.1 Å². The predicted octanol–water partition coefficient (Wildman–Crippen LogP) is 1.95. The number of hydrogen-bond acceptors (Lipinski definition) is 4. The van der Waals surface area contributed by atoms with Gasteiger partial charge in [-0.1, -0.05) is 19.1 Å². The first-order valence-corrected chi connectivity index (χ1v) is 8.43. The summed E-state index contributed by atoms with van der Waals surface area (Å²) < 4.78 is 19.6. The van der Waals surface area contributed by atoms with E-state index in [2.05, 4.69) is 10.4 Å². The van der Waals surface area contributed by atoms with Gasteiger partial charge >= 0.3 is 5.97 Å². The SMILES string of the molecule is CCc1cc(CC(=O)NC(C)(Cc2ccc(F)cc2)C(=O)OC)n(C)n1. The fourth-order valence-electron chi connectivity index (χ4n) is 2.83. The largest absolute Gasteiger partial charge is 0.467 e. The smallest absolute Gasteiger partial charge is 0.331 e. The Labute approximate surface area is 152 Å². The van der Waals surface area contributed by atoms with E-state index in [4.69, 9.17) is 4.74 Å². The van der Waals surface area contributed by atoms with Crippen LogP contribution in [0.2, 0.25) is 0 Å². The van der Waals surface area contributed by atoms with Crippen LogP contribution in [-0.4, -0.2) is 34.3 Å². The van der Waals surface area contributed by atoms with Gasteiger partial charge in [-0.3, -0.25) is 9.48 Å². The summed E-state index contributed by atoms with van der Waals surface area (Å²) in [6, 6.07) is 7.66. The summed E-state index contributed by atoms with van der Waals surface area (Å²) >= 11 is 0. The molecular weight excluding hydrogens is 337 g/mol. The van der Waals surface area contributed by atoms with Crippen molar-refractivity contribution in [2.45, 2.75) is 38.6 Å². The molecule has 0 saturated carbocycles. The quantitative estimate of drug-likeness (QED) is 0.765. The molecule has 0 radical (unpaired) electrons. The van der Waals surface area contributed by atoms with Crippen molar-refractivity contribution in [1.29, 1.82) is 0 Å². The zero-order valence-electron chi connectivity index (χ0n) is 15.5. The lowest BCUT2D eigenvalue weighted by Crippen LogP contribution is -2.54. The van der Waals surface area contributed by atoms with E-state index in [-0.39, 0.29) is 24.6 Å². The second kappa shape index (κ2) is 8.12. The topological polar surface area (TPSA) is 73.2 Å². The van der Waals surface area contributed by atoms with Gasteiger partial charge in [0.05, 0.1) is 19.2 Å². The molecule has 1 unspecified atom stereocenters. The molecule has 2 rings (SSSR count). The number of benzene rings is 1. The molecule has 1 N–H and O–H groups in total. The van der Waals surface area contributed by atoms with Crippen molar-refractivity contribution in [2.75, 3.05) is 7.11 Å². The molecule has 0 aliphatic carbocycles. The average Bonchev–Trinajstić information content (AvgIpc) is 2.95. The van der Waals surface area contributed by atoms with E-state index in [1.807, 2.05) is 13.0 Å². The molecular formula is C19H24FN3O3. The molecule has 0 bridgehead atoms. The molecule has 1 aromatic carbocycles. The summed E-state index contributed by atoms with van der Waals surface area (Å²) in [5.74, 6) is -1.24. The van der Waals surface area contributed by atoms with E-state index in [1.165, 1.54) is 19.2 Å². The maximum Gasteiger partial charge on any atom is 0.331 e. The number of esters is 1. The van der Waals surface area contributed by atoms with E-state index in [0.29, 0.717) is 5.56 Å². The van der Waals surface area contributed by atoms with Crippen LogP contribution in [0.1, 0.15) is 30.8 Å². The normalized spacial score (nSPS) is 13.1. The number of hydrogen-bond donors (Lipinski definition) is 1. The van der Waals surface area contributed by atoms with Gasteiger partial charge in [0, 0.05) is 19.2 Å². The number of ether oxygens (including phenoxy) is 1. The van der Waals surface area contributed by atoms with Crippen molar-refractivity contribution < 1.29 is 18.7 Å². The molecule has 0 aliphatic rings. The van der Waals surface area contributed by atoms with Crippen LogP contribution in [0.3, 0.4) is 0 Å². The van der Waals surface area contributed by atoms with Gasteiger partial charge in [0.15, 0.2) is 0 Å². The molecule has 1 amide bonds. The van der Waals surface area contributed by atoms with E-state index >= 15 is 0 Å². The zero-order chi connectivity index (χ0) is 19.3. The molecule has 1 atom stereocenters. The second-order valence-corrected chi connectivity index (χ2v) is 6.46. The maximum absolute atomic E-state index is 13.1. The summed E-state index contributed by atoms with van der Waals surface area (Å²) in [4.78, 5) is 24.8. The van der Waals surface area contributed by atoms with Gasteiger partial charge in [0.25, 0.3) is 0 Å². The fourth-order valence-corrected chi connectivity index (χ4v) is 2.83. The number of nitrogens with one attached hydrogen (secondary N) is 1. The van der Waals surface area contributed by atoms with Crippen molar-refractivity contribution in [3.63, 3.8) is 0 Å². The number of carbonyl (C=O) groups is 2. The predicted molar refractivity (Wildman–Crippen MR) is 95.0 cm³/mol. The maximum atomic E-state index is 13.1. The molecule has 140 valence electrons. The number of aryl methyl sites for hydroxylation is 2. The van der Waals surface area contributed by atoms with Crippen LogP contribution in [-0.2, 0) is 40.6 Å². The Morgan fingerprint density at radius 1 is 1.31 bits per heavy atom. The molecule has 26 heavy (non-hydrogen) atoms. The Morgan fingerprint density at radius 2 is 1.96 bits per heavy atom. The summed E-state index contributed by atoms with van der Waals surface area (Å²) in [5.41, 5.74) is 1.12. The Morgan fingerprint density at radius 3 is 2.50 bits per heavy atom. The number of methoxy groups -OCH3 is 1. The Kier molecular flexibility index (Phi) is 6.13. The van der Waals surface area contributed by atoms with E-state index in [9.17, 15) is 14.0 Å². The van der Waals surface area contributed by atoms with Crippen molar-refractivity contribution in [1.82, 2.24) is 15.1 Å². The summed E-state index contributed by atoms with van der Waals surface area (Å²) in [6.07, 6.45) is 1.07. The number of rotatable bonds is 7. The van der Waals surface area contributed by atoms with Gasteiger partial charge < -0.3 is 10.1 Å². The zero-order valence-corrected chi connectivity index (χ0v) is 15.5. The molecule has 2 aromatic rings. The summed E-state index contributed by atoms with van der Waals surface area (Å²) in [5, 5.41) is 7.08. The highest BCUT2D eigenvalue weighted by Crippen LogP contribution is 2.17. The number of aromatic nitrogens is 2. The lowest BCUT2D eigenvalue weighted by Gasteiger charge is -2.28. The molecule has 0 spiro atoms. The van der Waals surface area contributed by atoms with Gasteiger partial charge in [0.1, 0.15) is 11.4 Å².